The molecule has 0 atom stereocenters. The molecule has 0 aliphatic heterocycles. The topological polar surface area (TPSA) is 18.5 Å². The van der Waals surface area contributed by atoms with Crippen molar-refractivity contribution in [2.75, 3.05) is 13.2 Å². The molecule has 0 aliphatic rings. The standard InChI is InChI=1S/C21H30O2/c1-15(2)10-12-22-19-8-9-20-18(14-19)7-6-17(5)21(20)23-13-11-16(3)4/h6-9,14-16H,10-13H2,1-5H3. The fraction of sp³-hybridized carbons (Fsp3) is 0.524. The SMILES string of the molecule is Cc1ccc2cc(OCCC(C)C)ccc2c1OCCC(C)C. The summed E-state index contributed by atoms with van der Waals surface area (Å²) in [4.78, 5) is 0. The van der Waals surface area contributed by atoms with Gasteiger partial charge in [0.2, 0.25) is 0 Å². The van der Waals surface area contributed by atoms with E-state index in [2.05, 4.69) is 65.0 Å². The zero-order chi connectivity index (χ0) is 16.8. The van der Waals surface area contributed by atoms with Crippen LogP contribution in [0.15, 0.2) is 30.3 Å². The smallest absolute Gasteiger partial charge is 0.130 e. The number of hydrogen-bond acceptors (Lipinski definition) is 2. The van der Waals surface area contributed by atoms with Gasteiger partial charge in [0.15, 0.2) is 0 Å². The highest BCUT2D eigenvalue weighted by Gasteiger charge is 2.08. The van der Waals surface area contributed by atoms with Gasteiger partial charge in [0.25, 0.3) is 0 Å². The van der Waals surface area contributed by atoms with Gasteiger partial charge in [0.05, 0.1) is 13.2 Å². The number of benzene rings is 2. The minimum Gasteiger partial charge on any atom is -0.494 e. The molecule has 0 fully saturated rings. The number of fused-ring (bicyclic) bond motifs is 1. The molecule has 2 aromatic rings. The van der Waals surface area contributed by atoms with Crippen LogP contribution in [0.1, 0.15) is 46.1 Å². The van der Waals surface area contributed by atoms with Gasteiger partial charge in [0.1, 0.15) is 11.5 Å². The highest BCUT2D eigenvalue weighted by atomic mass is 16.5. The quantitative estimate of drug-likeness (QED) is 0.595. The van der Waals surface area contributed by atoms with Crippen LogP contribution in [0.4, 0.5) is 0 Å². The van der Waals surface area contributed by atoms with Crippen molar-refractivity contribution in [1.29, 1.82) is 0 Å². The summed E-state index contributed by atoms with van der Waals surface area (Å²) in [7, 11) is 0. The molecule has 0 bridgehead atoms. The fourth-order valence-electron chi connectivity index (χ4n) is 2.48. The minimum atomic E-state index is 0.659. The van der Waals surface area contributed by atoms with E-state index in [0.29, 0.717) is 11.8 Å². The van der Waals surface area contributed by atoms with E-state index in [1.165, 1.54) is 16.3 Å². The van der Waals surface area contributed by atoms with Crippen LogP contribution in [-0.2, 0) is 0 Å². The van der Waals surface area contributed by atoms with Gasteiger partial charge in [0, 0.05) is 5.39 Å². The third-order valence-electron chi connectivity index (χ3n) is 4.04. The molecule has 0 saturated carbocycles. The summed E-state index contributed by atoms with van der Waals surface area (Å²) in [5.41, 5.74) is 1.19. The van der Waals surface area contributed by atoms with Crippen molar-refractivity contribution in [3.8, 4) is 11.5 Å². The Labute approximate surface area is 140 Å². The Morgan fingerprint density at radius 1 is 0.826 bits per heavy atom. The van der Waals surface area contributed by atoms with E-state index in [1.54, 1.807) is 0 Å². The molecule has 2 rings (SSSR count). The number of aryl methyl sites for hydroxylation is 1. The summed E-state index contributed by atoms with van der Waals surface area (Å²) in [5.74, 6) is 3.28. The van der Waals surface area contributed by atoms with Crippen molar-refractivity contribution in [3.05, 3.63) is 35.9 Å². The monoisotopic (exact) mass is 314 g/mol. The predicted octanol–water partition coefficient (Wildman–Crippen LogP) is 6.00. The van der Waals surface area contributed by atoms with Crippen LogP contribution >= 0.6 is 0 Å². The molecule has 0 amide bonds. The molecule has 0 saturated heterocycles. The summed E-state index contributed by atoms with van der Waals surface area (Å²) in [6.45, 7) is 12.5. The van der Waals surface area contributed by atoms with Gasteiger partial charge in [-0.15, -0.1) is 0 Å². The van der Waals surface area contributed by atoms with E-state index >= 15 is 0 Å². The van der Waals surface area contributed by atoms with Gasteiger partial charge in [-0.2, -0.15) is 0 Å². The number of rotatable bonds is 8. The normalized spacial score (nSPS) is 11.4. The molecule has 2 nitrogen and oxygen atoms in total. The van der Waals surface area contributed by atoms with Crippen molar-refractivity contribution < 1.29 is 9.47 Å². The maximum absolute atomic E-state index is 6.07. The van der Waals surface area contributed by atoms with E-state index in [0.717, 1.165) is 37.6 Å². The highest BCUT2D eigenvalue weighted by Crippen LogP contribution is 2.32. The maximum atomic E-state index is 6.07. The molecular formula is C21H30O2. The van der Waals surface area contributed by atoms with Crippen molar-refractivity contribution in [2.24, 2.45) is 11.8 Å². The molecule has 0 aromatic heterocycles. The van der Waals surface area contributed by atoms with Crippen LogP contribution in [0.2, 0.25) is 0 Å². The average Bonchev–Trinajstić information content (AvgIpc) is 2.49. The lowest BCUT2D eigenvalue weighted by Crippen LogP contribution is -2.03. The summed E-state index contributed by atoms with van der Waals surface area (Å²) >= 11 is 0. The molecule has 0 spiro atoms. The second kappa shape index (κ2) is 8.24. The van der Waals surface area contributed by atoms with E-state index in [1.807, 2.05) is 0 Å². The number of ether oxygens (including phenoxy) is 2. The Morgan fingerprint density at radius 2 is 1.48 bits per heavy atom. The van der Waals surface area contributed by atoms with Crippen LogP contribution in [-0.4, -0.2) is 13.2 Å². The molecular weight excluding hydrogens is 284 g/mol. The molecule has 0 aliphatic carbocycles. The third kappa shape index (κ3) is 5.16. The Morgan fingerprint density at radius 3 is 2.13 bits per heavy atom. The van der Waals surface area contributed by atoms with Gasteiger partial charge in [-0.3, -0.25) is 0 Å². The molecule has 23 heavy (non-hydrogen) atoms. The Bertz CT molecular complexity index is 629. The van der Waals surface area contributed by atoms with Gasteiger partial charge >= 0.3 is 0 Å². The summed E-state index contributed by atoms with van der Waals surface area (Å²) in [6.07, 6.45) is 2.15. The zero-order valence-electron chi connectivity index (χ0n) is 15.2. The van der Waals surface area contributed by atoms with Gasteiger partial charge in [-0.25, -0.2) is 0 Å². The van der Waals surface area contributed by atoms with E-state index in [9.17, 15) is 0 Å². The second-order valence-corrected chi connectivity index (χ2v) is 7.16. The Kier molecular flexibility index (Phi) is 6.32. The molecule has 0 heterocycles. The van der Waals surface area contributed by atoms with Gasteiger partial charge in [-0.1, -0.05) is 39.8 Å². The first-order chi connectivity index (χ1) is 11.0. The van der Waals surface area contributed by atoms with Crippen LogP contribution in [0, 0.1) is 18.8 Å². The molecule has 0 unspecified atom stereocenters. The lowest BCUT2D eigenvalue weighted by atomic mass is 10.1. The highest BCUT2D eigenvalue weighted by molar-refractivity contribution is 5.90. The Hall–Kier alpha value is -1.70. The van der Waals surface area contributed by atoms with E-state index in [4.69, 9.17) is 9.47 Å². The first-order valence-electron chi connectivity index (χ1n) is 8.76. The molecule has 2 heteroatoms. The predicted molar refractivity (Wildman–Crippen MR) is 98.6 cm³/mol. The van der Waals surface area contributed by atoms with Crippen LogP contribution in [0.25, 0.3) is 10.8 Å². The van der Waals surface area contributed by atoms with E-state index in [-0.39, 0.29) is 0 Å². The van der Waals surface area contributed by atoms with Crippen molar-refractivity contribution in [3.63, 3.8) is 0 Å². The lowest BCUT2D eigenvalue weighted by Gasteiger charge is -2.14. The maximum Gasteiger partial charge on any atom is 0.130 e. The first kappa shape index (κ1) is 17.7. The van der Waals surface area contributed by atoms with Crippen LogP contribution in [0.5, 0.6) is 11.5 Å². The zero-order valence-corrected chi connectivity index (χ0v) is 15.2. The number of hydrogen-bond donors (Lipinski definition) is 0. The second-order valence-electron chi connectivity index (χ2n) is 7.16. The van der Waals surface area contributed by atoms with Crippen molar-refractivity contribution >= 4 is 10.8 Å². The van der Waals surface area contributed by atoms with E-state index < -0.39 is 0 Å². The molecule has 126 valence electrons. The van der Waals surface area contributed by atoms with Crippen molar-refractivity contribution in [1.82, 2.24) is 0 Å². The lowest BCUT2D eigenvalue weighted by molar-refractivity contribution is 0.289. The van der Waals surface area contributed by atoms with Gasteiger partial charge in [-0.05, 0) is 60.7 Å². The third-order valence-corrected chi connectivity index (χ3v) is 4.04. The minimum absolute atomic E-state index is 0.659. The molecule has 0 N–H and O–H groups in total. The fourth-order valence-corrected chi connectivity index (χ4v) is 2.48. The largest absolute Gasteiger partial charge is 0.494 e. The molecule has 0 radical (unpaired) electrons. The first-order valence-corrected chi connectivity index (χ1v) is 8.76. The summed E-state index contributed by atoms with van der Waals surface area (Å²) in [6, 6.07) is 10.6. The van der Waals surface area contributed by atoms with Gasteiger partial charge < -0.3 is 9.47 Å². The Balaban J connectivity index is 2.15. The summed E-state index contributed by atoms with van der Waals surface area (Å²) in [5, 5.41) is 2.35. The van der Waals surface area contributed by atoms with Crippen molar-refractivity contribution in [2.45, 2.75) is 47.5 Å². The average molecular weight is 314 g/mol. The van der Waals surface area contributed by atoms with Crippen LogP contribution < -0.4 is 9.47 Å². The molecule has 2 aromatic carbocycles. The van der Waals surface area contributed by atoms with Crippen LogP contribution in [0.3, 0.4) is 0 Å². The summed E-state index contributed by atoms with van der Waals surface area (Å²) < 4.78 is 11.9.